The molecule has 1 aromatic rings. The van der Waals surface area contributed by atoms with Crippen molar-refractivity contribution < 1.29 is 0 Å². The van der Waals surface area contributed by atoms with Crippen LogP contribution in [0.15, 0.2) is 0 Å². The zero-order valence-corrected chi connectivity index (χ0v) is 9.89. The summed E-state index contributed by atoms with van der Waals surface area (Å²) in [5.41, 5.74) is 3.83. The smallest absolute Gasteiger partial charge is 0.0644 e. The Balaban J connectivity index is 3.12. The van der Waals surface area contributed by atoms with Gasteiger partial charge in [0.15, 0.2) is 0 Å². The molecule has 80 valence electrons. The van der Waals surface area contributed by atoms with Crippen LogP contribution in [-0.2, 0) is 6.54 Å². The first-order valence-electron chi connectivity index (χ1n) is 5.36. The number of aromatic nitrogens is 2. The SMILES string of the molecule is CCC(NC)c1c(C)nn(CC)c1C. The fraction of sp³-hybridized carbons (Fsp3) is 0.727. The number of aryl methyl sites for hydroxylation is 2. The topological polar surface area (TPSA) is 29.9 Å². The van der Waals surface area contributed by atoms with E-state index in [1.807, 2.05) is 7.05 Å². The lowest BCUT2D eigenvalue weighted by Crippen LogP contribution is -2.16. The maximum Gasteiger partial charge on any atom is 0.0644 e. The zero-order valence-electron chi connectivity index (χ0n) is 9.89. The van der Waals surface area contributed by atoms with E-state index >= 15 is 0 Å². The summed E-state index contributed by atoms with van der Waals surface area (Å²) in [5, 5.41) is 7.86. The second kappa shape index (κ2) is 4.60. The Hall–Kier alpha value is -0.830. The molecule has 0 aliphatic rings. The molecule has 3 heteroatoms. The minimum absolute atomic E-state index is 0.440. The highest BCUT2D eigenvalue weighted by Gasteiger charge is 2.17. The summed E-state index contributed by atoms with van der Waals surface area (Å²) in [6.07, 6.45) is 1.10. The third-order valence-corrected chi connectivity index (χ3v) is 2.84. The van der Waals surface area contributed by atoms with Gasteiger partial charge in [0.25, 0.3) is 0 Å². The van der Waals surface area contributed by atoms with Crippen molar-refractivity contribution in [3.05, 3.63) is 17.0 Å². The summed E-state index contributed by atoms with van der Waals surface area (Å²) < 4.78 is 2.07. The lowest BCUT2D eigenvalue weighted by atomic mass is 10.0. The number of nitrogens with one attached hydrogen (secondary N) is 1. The van der Waals surface area contributed by atoms with Gasteiger partial charge in [0.2, 0.25) is 0 Å². The van der Waals surface area contributed by atoms with Crippen LogP contribution in [0.3, 0.4) is 0 Å². The molecule has 0 radical (unpaired) electrons. The van der Waals surface area contributed by atoms with Crippen LogP contribution in [0.5, 0.6) is 0 Å². The van der Waals surface area contributed by atoms with Gasteiger partial charge in [-0.05, 0) is 34.2 Å². The van der Waals surface area contributed by atoms with Crippen molar-refractivity contribution in [2.75, 3.05) is 7.05 Å². The third-order valence-electron chi connectivity index (χ3n) is 2.84. The van der Waals surface area contributed by atoms with E-state index in [9.17, 15) is 0 Å². The molecule has 0 bridgehead atoms. The molecule has 14 heavy (non-hydrogen) atoms. The lowest BCUT2D eigenvalue weighted by molar-refractivity contribution is 0.567. The Morgan fingerprint density at radius 3 is 2.36 bits per heavy atom. The summed E-state index contributed by atoms with van der Waals surface area (Å²) in [7, 11) is 2.01. The molecule has 0 saturated heterocycles. The van der Waals surface area contributed by atoms with Crippen LogP contribution in [0, 0.1) is 13.8 Å². The lowest BCUT2D eigenvalue weighted by Gasteiger charge is -2.14. The molecular formula is C11H21N3. The molecule has 1 unspecified atom stereocenters. The molecule has 0 spiro atoms. The predicted molar refractivity (Wildman–Crippen MR) is 59.5 cm³/mol. The zero-order chi connectivity index (χ0) is 10.7. The fourth-order valence-corrected chi connectivity index (χ4v) is 2.08. The van der Waals surface area contributed by atoms with Crippen LogP contribution < -0.4 is 5.32 Å². The minimum atomic E-state index is 0.440. The second-order valence-corrected chi connectivity index (χ2v) is 3.65. The quantitative estimate of drug-likeness (QED) is 0.798. The average Bonchev–Trinajstić information content (AvgIpc) is 2.46. The molecule has 1 aromatic heterocycles. The van der Waals surface area contributed by atoms with Crippen LogP contribution in [-0.4, -0.2) is 16.8 Å². The summed E-state index contributed by atoms with van der Waals surface area (Å²) >= 11 is 0. The summed E-state index contributed by atoms with van der Waals surface area (Å²) in [5.74, 6) is 0. The Morgan fingerprint density at radius 2 is 2.00 bits per heavy atom. The molecule has 0 amide bonds. The molecular weight excluding hydrogens is 174 g/mol. The second-order valence-electron chi connectivity index (χ2n) is 3.65. The first-order chi connectivity index (χ1) is 6.65. The highest BCUT2D eigenvalue weighted by molar-refractivity contribution is 5.28. The molecule has 0 fully saturated rings. The molecule has 1 rings (SSSR count). The van der Waals surface area contributed by atoms with Gasteiger partial charge in [0.05, 0.1) is 5.69 Å². The molecule has 1 N–H and O–H groups in total. The largest absolute Gasteiger partial charge is 0.313 e. The van der Waals surface area contributed by atoms with Crippen molar-refractivity contribution in [2.45, 2.75) is 46.7 Å². The van der Waals surface area contributed by atoms with Gasteiger partial charge in [0.1, 0.15) is 0 Å². The highest BCUT2D eigenvalue weighted by atomic mass is 15.3. The van der Waals surface area contributed by atoms with E-state index in [0.717, 1.165) is 18.7 Å². The number of hydrogen-bond donors (Lipinski definition) is 1. The molecule has 0 saturated carbocycles. The Morgan fingerprint density at radius 1 is 1.36 bits per heavy atom. The first kappa shape index (κ1) is 11.2. The summed E-state index contributed by atoms with van der Waals surface area (Å²) in [6, 6.07) is 0.440. The van der Waals surface area contributed by atoms with Gasteiger partial charge in [-0.25, -0.2) is 0 Å². The standard InChI is InChI=1S/C11H21N3/c1-6-10(12-5)11-8(3)13-14(7-2)9(11)4/h10,12H,6-7H2,1-5H3. The van der Waals surface area contributed by atoms with Crippen molar-refractivity contribution >= 4 is 0 Å². The van der Waals surface area contributed by atoms with Crippen LogP contribution >= 0.6 is 0 Å². The fourth-order valence-electron chi connectivity index (χ4n) is 2.08. The van der Waals surface area contributed by atoms with E-state index in [-0.39, 0.29) is 0 Å². The van der Waals surface area contributed by atoms with E-state index in [1.165, 1.54) is 11.3 Å². The summed E-state index contributed by atoms with van der Waals surface area (Å²) in [4.78, 5) is 0. The van der Waals surface area contributed by atoms with E-state index in [2.05, 4.69) is 42.8 Å². The molecule has 0 aliphatic carbocycles. The molecule has 1 heterocycles. The molecule has 3 nitrogen and oxygen atoms in total. The van der Waals surface area contributed by atoms with Crippen molar-refractivity contribution in [3.8, 4) is 0 Å². The van der Waals surface area contributed by atoms with E-state index in [4.69, 9.17) is 0 Å². The van der Waals surface area contributed by atoms with Gasteiger partial charge in [-0.15, -0.1) is 0 Å². The maximum atomic E-state index is 4.52. The molecule has 1 atom stereocenters. The Bertz CT molecular complexity index is 298. The number of nitrogens with zero attached hydrogens (tertiary/aromatic N) is 2. The average molecular weight is 195 g/mol. The molecule has 0 aromatic carbocycles. The van der Waals surface area contributed by atoms with E-state index in [0.29, 0.717) is 6.04 Å². The third kappa shape index (κ3) is 1.82. The van der Waals surface area contributed by atoms with Crippen molar-refractivity contribution in [1.82, 2.24) is 15.1 Å². The van der Waals surface area contributed by atoms with Crippen molar-refractivity contribution in [1.29, 1.82) is 0 Å². The van der Waals surface area contributed by atoms with E-state index < -0.39 is 0 Å². The van der Waals surface area contributed by atoms with Crippen LogP contribution in [0.1, 0.15) is 43.3 Å². The van der Waals surface area contributed by atoms with Crippen molar-refractivity contribution in [2.24, 2.45) is 0 Å². The minimum Gasteiger partial charge on any atom is -0.313 e. The van der Waals surface area contributed by atoms with Crippen LogP contribution in [0.2, 0.25) is 0 Å². The van der Waals surface area contributed by atoms with E-state index in [1.54, 1.807) is 0 Å². The van der Waals surface area contributed by atoms with Gasteiger partial charge >= 0.3 is 0 Å². The van der Waals surface area contributed by atoms with Crippen molar-refractivity contribution in [3.63, 3.8) is 0 Å². The highest BCUT2D eigenvalue weighted by Crippen LogP contribution is 2.23. The van der Waals surface area contributed by atoms with Crippen LogP contribution in [0.25, 0.3) is 0 Å². The molecule has 0 aliphatic heterocycles. The number of rotatable bonds is 4. The Labute approximate surface area is 86.5 Å². The predicted octanol–water partition coefficient (Wildman–Crippen LogP) is 2.19. The van der Waals surface area contributed by atoms with Crippen LogP contribution in [0.4, 0.5) is 0 Å². The Kier molecular flexibility index (Phi) is 3.69. The van der Waals surface area contributed by atoms with Gasteiger partial charge in [0, 0.05) is 23.8 Å². The normalized spacial score (nSPS) is 13.2. The maximum absolute atomic E-state index is 4.52. The first-order valence-corrected chi connectivity index (χ1v) is 5.36. The van der Waals surface area contributed by atoms with Gasteiger partial charge in [-0.2, -0.15) is 5.10 Å². The summed E-state index contributed by atoms with van der Waals surface area (Å²) in [6.45, 7) is 9.52. The monoisotopic (exact) mass is 195 g/mol. The van der Waals surface area contributed by atoms with Gasteiger partial charge in [-0.1, -0.05) is 6.92 Å². The number of hydrogen-bond acceptors (Lipinski definition) is 2. The van der Waals surface area contributed by atoms with Gasteiger partial charge in [-0.3, -0.25) is 4.68 Å². The van der Waals surface area contributed by atoms with Gasteiger partial charge < -0.3 is 5.32 Å².